The first-order chi connectivity index (χ1) is 12.1. The summed E-state index contributed by atoms with van der Waals surface area (Å²) in [4.78, 5) is 12.5. The minimum atomic E-state index is -0.722. The first kappa shape index (κ1) is 19.9. The van der Waals surface area contributed by atoms with Crippen molar-refractivity contribution < 1.29 is 14.3 Å². The lowest BCUT2D eigenvalue weighted by Gasteiger charge is -2.31. The van der Waals surface area contributed by atoms with E-state index in [0.717, 1.165) is 56.4 Å². The van der Waals surface area contributed by atoms with Gasteiger partial charge in [-0.3, -0.25) is 4.79 Å². The van der Waals surface area contributed by atoms with E-state index in [9.17, 15) is 4.79 Å². The second-order valence-electron chi connectivity index (χ2n) is 6.89. The van der Waals surface area contributed by atoms with Gasteiger partial charge in [0.15, 0.2) is 0 Å². The Morgan fingerprint density at radius 2 is 1.92 bits per heavy atom. The van der Waals surface area contributed by atoms with E-state index in [1.54, 1.807) is 0 Å². The highest BCUT2D eigenvalue weighted by atomic mass is 16.5. The van der Waals surface area contributed by atoms with Gasteiger partial charge >= 0.3 is 0 Å². The van der Waals surface area contributed by atoms with E-state index in [1.807, 2.05) is 24.3 Å². The van der Waals surface area contributed by atoms with Crippen LogP contribution in [0.3, 0.4) is 0 Å². The fraction of sp³-hybridized carbons (Fsp3) is 0.650. The largest absolute Gasteiger partial charge is 0.379 e. The number of nitrogens with two attached hydrogens (primary N) is 1. The van der Waals surface area contributed by atoms with Gasteiger partial charge in [-0.1, -0.05) is 44.7 Å². The zero-order valence-corrected chi connectivity index (χ0v) is 15.4. The molecule has 5 heteroatoms. The molecule has 0 spiro atoms. The average Bonchev–Trinajstić information content (AvgIpc) is 2.62. The lowest BCUT2D eigenvalue weighted by Crippen LogP contribution is -2.52. The van der Waals surface area contributed by atoms with Gasteiger partial charge in [0.2, 0.25) is 5.91 Å². The van der Waals surface area contributed by atoms with Crippen LogP contribution >= 0.6 is 0 Å². The van der Waals surface area contributed by atoms with Gasteiger partial charge < -0.3 is 20.5 Å². The molecule has 0 aromatic heterocycles. The van der Waals surface area contributed by atoms with Crippen LogP contribution in [-0.2, 0) is 20.9 Å². The fourth-order valence-electron chi connectivity index (χ4n) is 3.06. The lowest BCUT2D eigenvalue weighted by molar-refractivity contribution is -0.122. The highest BCUT2D eigenvalue weighted by Crippen LogP contribution is 2.27. The van der Waals surface area contributed by atoms with Gasteiger partial charge in [-0.05, 0) is 37.0 Å². The maximum Gasteiger partial charge on any atom is 0.244 e. The number of nitrogens with one attached hydrogen (secondary N) is 1. The van der Waals surface area contributed by atoms with E-state index in [0.29, 0.717) is 19.8 Å². The van der Waals surface area contributed by atoms with Crippen LogP contribution in [0, 0.1) is 0 Å². The van der Waals surface area contributed by atoms with E-state index in [2.05, 4.69) is 12.2 Å². The molecule has 1 aliphatic carbocycles. The Labute approximate surface area is 151 Å². The number of hydrogen-bond donors (Lipinski definition) is 2. The van der Waals surface area contributed by atoms with Crippen LogP contribution in [0.25, 0.3) is 0 Å². The predicted molar refractivity (Wildman–Crippen MR) is 100 cm³/mol. The van der Waals surface area contributed by atoms with Gasteiger partial charge in [0.05, 0.1) is 25.4 Å². The SMILES string of the molecule is CCCCOCCOCc1cccc(NC(=O)C2(N)CCCCC2)c1. The van der Waals surface area contributed by atoms with Crippen molar-refractivity contribution in [1.29, 1.82) is 0 Å². The van der Waals surface area contributed by atoms with E-state index < -0.39 is 5.54 Å². The normalized spacial score (nSPS) is 16.6. The summed E-state index contributed by atoms with van der Waals surface area (Å²) in [6, 6.07) is 7.76. The third-order valence-corrected chi connectivity index (χ3v) is 4.67. The second-order valence-corrected chi connectivity index (χ2v) is 6.89. The van der Waals surface area contributed by atoms with Crippen LogP contribution in [0.1, 0.15) is 57.4 Å². The molecule has 1 fully saturated rings. The van der Waals surface area contributed by atoms with Crippen molar-refractivity contribution in [3.05, 3.63) is 29.8 Å². The molecule has 140 valence electrons. The number of unbranched alkanes of at least 4 members (excludes halogenated alkanes) is 1. The molecule has 5 nitrogen and oxygen atoms in total. The summed E-state index contributed by atoms with van der Waals surface area (Å²) in [5, 5.41) is 2.97. The Kier molecular flexibility index (Phi) is 8.38. The molecule has 0 bridgehead atoms. The number of benzene rings is 1. The fourth-order valence-corrected chi connectivity index (χ4v) is 3.06. The molecule has 2 rings (SSSR count). The maximum absolute atomic E-state index is 12.5. The van der Waals surface area contributed by atoms with Crippen molar-refractivity contribution in [2.75, 3.05) is 25.1 Å². The number of ether oxygens (including phenoxy) is 2. The number of carbonyl (C=O) groups excluding carboxylic acids is 1. The third kappa shape index (κ3) is 6.77. The molecule has 0 heterocycles. The minimum absolute atomic E-state index is 0.0745. The lowest BCUT2D eigenvalue weighted by atomic mass is 9.82. The van der Waals surface area contributed by atoms with Crippen LogP contribution in [0.4, 0.5) is 5.69 Å². The van der Waals surface area contributed by atoms with Crippen molar-refractivity contribution in [3.8, 4) is 0 Å². The number of hydrogen-bond acceptors (Lipinski definition) is 4. The van der Waals surface area contributed by atoms with Gasteiger partial charge in [-0.15, -0.1) is 0 Å². The van der Waals surface area contributed by atoms with Crippen LogP contribution in [-0.4, -0.2) is 31.3 Å². The zero-order valence-electron chi connectivity index (χ0n) is 15.4. The first-order valence-corrected chi connectivity index (χ1v) is 9.49. The molecule has 0 unspecified atom stereocenters. The van der Waals surface area contributed by atoms with Crippen LogP contribution in [0.2, 0.25) is 0 Å². The summed E-state index contributed by atoms with van der Waals surface area (Å²) in [5.74, 6) is -0.0745. The predicted octanol–water partition coefficient (Wildman–Crippen LogP) is 3.62. The molecule has 0 atom stereocenters. The molecule has 1 saturated carbocycles. The topological polar surface area (TPSA) is 73.6 Å². The summed E-state index contributed by atoms with van der Waals surface area (Å²) < 4.78 is 11.1. The summed E-state index contributed by atoms with van der Waals surface area (Å²) in [6.45, 7) is 4.64. The van der Waals surface area contributed by atoms with Crippen molar-refractivity contribution in [2.45, 2.75) is 64.0 Å². The van der Waals surface area contributed by atoms with E-state index in [-0.39, 0.29) is 5.91 Å². The quantitative estimate of drug-likeness (QED) is 0.633. The minimum Gasteiger partial charge on any atom is -0.379 e. The maximum atomic E-state index is 12.5. The number of anilines is 1. The van der Waals surface area contributed by atoms with Gasteiger partial charge in [0.1, 0.15) is 0 Å². The van der Waals surface area contributed by atoms with E-state index >= 15 is 0 Å². The molecule has 0 aliphatic heterocycles. The number of rotatable bonds is 10. The summed E-state index contributed by atoms with van der Waals surface area (Å²) >= 11 is 0. The van der Waals surface area contributed by atoms with E-state index in [1.165, 1.54) is 6.42 Å². The third-order valence-electron chi connectivity index (χ3n) is 4.67. The Morgan fingerprint density at radius 1 is 1.16 bits per heavy atom. The van der Waals surface area contributed by atoms with Gasteiger partial charge in [-0.25, -0.2) is 0 Å². The van der Waals surface area contributed by atoms with Crippen LogP contribution in [0.15, 0.2) is 24.3 Å². The highest BCUT2D eigenvalue weighted by molar-refractivity contribution is 5.98. The van der Waals surface area contributed by atoms with Crippen LogP contribution < -0.4 is 11.1 Å². The van der Waals surface area contributed by atoms with Crippen LogP contribution in [0.5, 0.6) is 0 Å². The standard InChI is InChI=1S/C20H32N2O3/c1-2-3-12-24-13-14-25-16-17-8-7-9-18(15-17)22-19(23)20(21)10-5-4-6-11-20/h7-9,15H,2-6,10-14,16,21H2,1H3,(H,22,23). The molecular formula is C20H32N2O3. The smallest absolute Gasteiger partial charge is 0.244 e. The van der Waals surface area contributed by atoms with Gasteiger partial charge in [0, 0.05) is 12.3 Å². The summed E-state index contributed by atoms with van der Waals surface area (Å²) in [7, 11) is 0. The summed E-state index contributed by atoms with van der Waals surface area (Å²) in [5.41, 5.74) is 7.37. The Balaban J connectivity index is 1.75. The molecule has 3 N–H and O–H groups in total. The molecule has 0 radical (unpaired) electrons. The molecule has 0 saturated heterocycles. The summed E-state index contributed by atoms with van der Waals surface area (Å²) in [6.07, 6.45) is 6.98. The second kappa shape index (κ2) is 10.5. The molecule has 1 aromatic carbocycles. The van der Waals surface area contributed by atoms with Gasteiger partial charge in [-0.2, -0.15) is 0 Å². The highest BCUT2D eigenvalue weighted by Gasteiger charge is 2.35. The molecule has 1 aliphatic rings. The monoisotopic (exact) mass is 348 g/mol. The average molecular weight is 348 g/mol. The Bertz CT molecular complexity index is 527. The Morgan fingerprint density at radius 3 is 2.68 bits per heavy atom. The van der Waals surface area contributed by atoms with Gasteiger partial charge in [0.25, 0.3) is 0 Å². The molecule has 25 heavy (non-hydrogen) atoms. The number of carbonyl (C=O) groups is 1. The first-order valence-electron chi connectivity index (χ1n) is 9.49. The molecule has 1 amide bonds. The van der Waals surface area contributed by atoms with Crippen molar-refractivity contribution in [3.63, 3.8) is 0 Å². The van der Waals surface area contributed by atoms with E-state index in [4.69, 9.17) is 15.2 Å². The van der Waals surface area contributed by atoms with Crippen molar-refractivity contribution in [1.82, 2.24) is 0 Å². The zero-order chi connectivity index (χ0) is 18.0. The Hall–Kier alpha value is -1.43. The van der Waals surface area contributed by atoms with Crippen molar-refractivity contribution >= 4 is 11.6 Å². The number of amides is 1. The molecular weight excluding hydrogens is 316 g/mol. The molecule has 1 aromatic rings. The van der Waals surface area contributed by atoms with Crippen molar-refractivity contribution in [2.24, 2.45) is 5.73 Å².